The monoisotopic (exact) mass is 581 g/mol. The van der Waals surface area contributed by atoms with Crippen molar-refractivity contribution < 1.29 is 22.8 Å². The fraction of sp³-hybridized carbons (Fsp3) is 0.393. The lowest BCUT2D eigenvalue weighted by Crippen LogP contribution is -2.52. The van der Waals surface area contributed by atoms with Crippen LogP contribution in [0.25, 0.3) is 10.6 Å². The van der Waals surface area contributed by atoms with Gasteiger partial charge in [-0.2, -0.15) is 4.31 Å². The van der Waals surface area contributed by atoms with Gasteiger partial charge in [0.25, 0.3) is 5.91 Å². The summed E-state index contributed by atoms with van der Waals surface area (Å²) in [4.78, 5) is 51.1. The molecular formula is C28H31N5O5S2. The minimum atomic E-state index is -3.80. The number of hydrogen-bond donors (Lipinski definition) is 1. The summed E-state index contributed by atoms with van der Waals surface area (Å²) in [6, 6.07) is 10.1. The molecule has 2 amide bonds. The Balaban J connectivity index is 1.31. The van der Waals surface area contributed by atoms with E-state index in [9.17, 15) is 22.8 Å². The van der Waals surface area contributed by atoms with Gasteiger partial charge >= 0.3 is 0 Å². The minimum absolute atomic E-state index is 0.0932. The number of likely N-dealkylation sites (tertiary alicyclic amines) is 1. The molecule has 0 aliphatic carbocycles. The summed E-state index contributed by atoms with van der Waals surface area (Å²) >= 11 is 1.29. The van der Waals surface area contributed by atoms with Crippen molar-refractivity contribution in [2.45, 2.75) is 50.6 Å². The van der Waals surface area contributed by atoms with E-state index in [-0.39, 0.29) is 42.4 Å². The van der Waals surface area contributed by atoms with Crippen LogP contribution in [0.3, 0.4) is 0 Å². The van der Waals surface area contributed by atoms with Crippen molar-refractivity contribution in [3.63, 3.8) is 0 Å². The number of sulfonamides is 1. The molecule has 2 aliphatic rings. The molecule has 5 heterocycles. The van der Waals surface area contributed by atoms with Crippen LogP contribution in [0.1, 0.15) is 41.9 Å². The number of rotatable bonds is 9. The van der Waals surface area contributed by atoms with Gasteiger partial charge < -0.3 is 10.2 Å². The molecule has 40 heavy (non-hydrogen) atoms. The smallest absolute Gasteiger partial charge is 0.262 e. The molecule has 1 N–H and O–H groups in total. The lowest BCUT2D eigenvalue weighted by molar-refractivity contribution is -0.138. The summed E-state index contributed by atoms with van der Waals surface area (Å²) in [5.74, 6) is -1.22. The van der Waals surface area contributed by atoms with E-state index in [2.05, 4.69) is 15.3 Å². The predicted molar refractivity (Wildman–Crippen MR) is 151 cm³/mol. The molecule has 0 radical (unpaired) electrons. The number of carbonyl (C=O) groups excluding carboxylic acids is 3. The summed E-state index contributed by atoms with van der Waals surface area (Å²) in [5.41, 5.74) is 1.29. The number of Topliss-reactive ketones (excluding diaryl/α,β-unsaturated/α-hetero) is 1. The van der Waals surface area contributed by atoms with Gasteiger partial charge in [0.15, 0.2) is 5.78 Å². The third kappa shape index (κ3) is 5.84. The lowest BCUT2D eigenvalue weighted by Gasteiger charge is -2.29. The highest BCUT2D eigenvalue weighted by atomic mass is 32.2. The lowest BCUT2D eigenvalue weighted by atomic mass is 10.0. The SMILES string of the molecule is CC(C)CC(NC(=O)c1ccc(-c2ccccn2)s1)C(=O)N1CCC2C1C(=O)CN2S(=O)(=O)Cc1cccnc1. The maximum Gasteiger partial charge on any atom is 0.262 e. The summed E-state index contributed by atoms with van der Waals surface area (Å²) in [5, 5.41) is 2.88. The van der Waals surface area contributed by atoms with Crippen molar-refractivity contribution in [2.24, 2.45) is 5.92 Å². The Labute approximate surface area is 237 Å². The molecule has 10 nitrogen and oxygen atoms in total. The molecule has 2 aliphatic heterocycles. The number of amides is 2. The van der Waals surface area contributed by atoms with Gasteiger partial charge in [0.1, 0.15) is 12.1 Å². The van der Waals surface area contributed by atoms with E-state index < -0.39 is 28.1 Å². The largest absolute Gasteiger partial charge is 0.340 e. The van der Waals surface area contributed by atoms with E-state index in [1.165, 1.54) is 26.7 Å². The molecule has 0 saturated carbocycles. The second kappa shape index (κ2) is 11.6. The number of aromatic nitrogens is 2. The van der Waals surface area contributed by atoms with Crippen LogP contribution in [-0.2, 0) is 25.4 Å². The normalized spacial score (nSPS) is 20.1. The van der Waals surface area contributed by atoms with E-state index in [4.69, 9.17) is 0 Å². The molecule has 5 rings (SSSR count). The number of ketones is 1. The standard InChI is InChI=1S/C28H31N5O5S2/c1-18(2)14-21(31-27(35)25-9-8-24(39-25)20-7-3-4-12-30-20)28(36)32-13-10-22-26(32)23(34)16-33(22)40(37,38)17-19-6-5-11-29-15-19/h3-9,11-12,15,18,21-22,26H,10,13-14,16-17H2,1-2H3,(H,31,35). The molecule has 210 valence electrons. The van der Waals surface area contributed by atoms with E-state index >= 15 is 0 Å². The second-order valence-corrected chi connectivity index (χ2v) is 13.5. The van der Waals surface area contributed by atoms with Crippen molar-refractivity contribution in [1.82, 2.24) is 24.5 Å². The molecule has 3 unspecified atom stereocenters. The van der Waals surface area contributed by atoms with Gasteiger partial charge in [0.05, 0.1) is 33.8 Å². The van der Waals surface area contributed by atoms with Crippen LogP contribution in [0.2, 0.25) is 0 Å². The number of pyridine rings is 2. The third-order valence-electron chi connectivity index (χ3n) is 7.15. The first-order valence-electron chi connectivity index (χ1n) is 13.2. The first-order valence-corrected chi connectivity index (χ1v) is 15.6. The summed E-state index contributed by atoms with van der Waals surface area (Å²) in [6.07, 6.45) is 5.48. The first-order chi connectivity index (χ1) is 19.1. The van der Waals surface area contributed by atoms with Crippen LogP contribution in [0, 0.1) is 5.92 Å². The Morgan fingerprint density at radius 2 is 1.95 bits per heavy atom. The fourth-order valence-electron chi connectivity index (χ4n) is 5.39. The maximum absolute atomic E-state index is 13.8. The van der Waals surface area contributed by atoms with E-state index in [1.807, 2.05) is 38.1 Å². The zero-order valence-corrected chi connectivity index (χ0v) is 23.9. The minimum Gasteiger partial charge on any atom is -0.340 e. The van der Waals surface area contributed by atoms with Crippen LogP contribution in [0.4, 0.5) is 0 Å². The zero-order valence-electron chi connectivity index (χ0n) is 22.3. The van der Waals surface area contributed by atoms with Crippen LogP contribution in [-0.4, -0.2) is 76.4 Å². The highest BCUT2D eigenvalue weighted by Gasteiger charge is 2.54. The average molecular weight is 582 g/mol. The molecule has 0 aromatic carbocycles. The van der Waals surface area contributed by atoms with Crippen LogP contribution in [0.5, 0.6) is 0 Å². The number of nitrogens with one attached hydrogen (secondary N) is 1. The molecule has 3 aromatic rings. The quantitative estimate of drug-likeness (QED) is 0.411. The highest BCUT2D eigenvalue weighted by molar-refractivity contribution is 7.88. The van der Waals surface area contributed by atoms with Crippen molar-refractivity contribution >= 4 is 39.0 Å². The molecule has 3 atom stereocenters. The number of fused-ring (bicyclic) bond motifs is 1. The van der Waals surface area contributed by atoms with Gasteiger partial charge in [0.2, 0.25) is 15.9 Å². The van der Waals surface area contributed by atoms with Gasteiger partial charge in [-0.25, -0.2) is 8.42 Å². The van der Waals surface area contributed by atoms with E-state index in [1.54, 1.807) is 30.6 Å². The van der Waals surface area contributed by atoms with Crippen molar-refractivity contribution in [2.75, 3.05) is 13.1 Å². The topological polar surface area (TPSA) is 130 Å². The first kappa shape index (κ1) is 28.1. The highest BCUT2D eigenvalue weighted by Crippen LogP contribution is 2.34. The van der Waals surface area contributed by atoms with E-state index in [0.717, 1.165) is 10.6 Å². The number of nitrogens with zero attached hydrogens (tertiary/aromatic N) is 4. The predicted octanol–water partition coefficient (Wildman–Crippen LogP) is 2.73. The number of thiophene rings is 1. The van der Waals surface area contributed by atoms with Crippen LogP contribution in [0.15, 0.2) is 61.1 Å². The van der Waals surface area contributed by atoms with Crippen molar-refractivity contribution in [3.8, 4) is 10.6 Å². The Bertz CT molecular complexity index is 1490. The summed E-state index contributed by atoms with van der Waals surface area (Å²) < 4.78 is 27.7. The third-order valence-corrected chi connectivity index (χ3v) is 10.1. The Kier molecular flexibility index (Phi) is 8.11. The van der Waals surface area contributed by atoms with E-state index in [0.29, 0.717) is 23.3 Å². The average Bonchev–Trinajstić information content (AvgIpc) is 3.66. The van der Waals surface area contributed by atoms with Gasteiger partial charge in [0, 0.05) is 25.1 Å². The van der Waals surface area contributed by atoms with Gasteiger partial charge in [-0.3, -0.25) is 24.4 Å². The molecular weight excluding hydrogens is 550 g/mol. The maximum atomic E-state index is 13.8. The molecule has 2 saturated heterocycles. The molecule has 0 spiro atoms. The van der Waals surface area contributed by atoms with Crippen molar-refractivity contribution in [1.29, 1.82) is 0 Å². The molecule has 3 aromatic heterocycles. The fourth-order valence-corrected chi connectivity index (χ4v) is 7.99. The number of carbonyl (C=O) groups is 3. The van der Waals surface area contributed by atoms with Crippen LogP contribution < -0.4 is 5.32 Å². The van der Waals surface area contributed by atoms with Gasteiger partial charge in [-0.05, 0) is 54.7 Å². The Hall–Kier alpha value is -3.48. The molecule has 0 bridgehead atoms. The Morgan fingerprint density at radius 3 is 2.65 bits per heavy atom. The Morgan fingerprint density at radius 1 is 1.12 bits per heavy atom. The molecule has 12 heteroatoms. The van der Waals surface area contributed by atoms with Gasteiger partial charge in [-0.1, -0.05) is 26.0 Å². The second-order valence-electron chi connectivity index (χ2n) is 10.5. The molecule has 2 fully saturated rings. The van der Waals surface area contributed by atoms with Crippen molar-refractivity contribution in [3.05, 3.63) is 71.5 Å². The van der Waals surface area contributed by atoms with Crippen LogP contribution >= 0.6 is 11.3 Å². The zero-order chi connectivity index (χ0) is 28.4. The summed E-state index contributed by atoms with van der Waals surface area (Å²) in [6.45, 7) is 3.88. The number of hydrogen-bond acceptors (Lipinski definition) is 8. The summed E-state index contributed by atoms with van der Waals surface area (Å²) in [7, 11) is -3.80. The van der Waals surface area contributed by atoms with Gasteiger partial charge in [-0.15, -0.1) is 11.3 Å².